The van der Waals surface area contributed by atoms with Gasteiger partial charge < -0.3 is 15.7 Å². The predicted molar refractivity (Wildman–Crippen MR) is 59.7 cm³/mol. The van der Waals surface area contributed by atoms with Crippen molar-refractivity contribution in [3.8, 4) is 5.75 Å². The van der Waals surface area contributed by atoms with E-state index in [4.69, 9.17) is 15.7 Å². The van der Waals surface area contributed by atoms with E-state index >= 15 is 0 Å². The Morgan fingerprint density at radius 3 is 2.75 bits per heavy atom. The minimum Gasteiger partial charge on any atom is -0.483 e. The zero-order chi connectivity index (χ0) is 12.0. The molecule has 0 fully saturated rings. The van der Waals surface area contributed by atoms with Crippen molar-refractivity contribution in [2.24, 2.45) is 10.9 Å². The number of amides is 1. The Bertz CT molecular complexity index is 402. The summed E-state index contributed by atoms with van der Waals surface area (Å²) in [5.74, 6) is -0.0651. The molecule has 0 aliphatic rings. The number of nitrogens with two attached hydrogens (primary N) is 1. The molecular weight excluding hydrogens is 208 g/mol. The van der Waals surface area contributed by atoms with Crippen LogP contribution in [0.15, 0.2) is 29.4 Å². The highest BCUT2D eigenvalue weighted by molar-refractivity contribution is 6.02. The summed E-state index contributed by atoms with van der Waals surface area (Å²) >= 11 is 0. The van der Waals surface area contributed by atoms with Gasteiger partial charge in [-0.05, 0) is 18.6 Å². The van der Waals surface area contributed by atoms with Gasteiger partial charge in [0.05, 0.1) is 5.71 Å². The van der Waals surface area contributed by atoms with Crippen molar-refractivity contribution in [1.29, 1.82) is 0 Å². The number of rotatable bonds is 5. The van der Waals surface area contributed by atoms with Gasteiger partial charge >= 0.3 is 0 Å². The van der Waals surface area contributed by atoms with Crippen LogP contribution >= 0.6 is 0 Å². The van der Waals surface area contributed by atoms with E-state index in [2.05, 4.69) is 5.16 Å². The summed E-state index contributed by atoms with van der Waals surface area (Å²) < 4.78 is 5.22. The number of benzene rings is 1. The van der Waals surface area contributed by atoms with E-state index in [1.165, 1.54) is 0 Å². The Morgan fingerprint density at radius 2 is 2.19 bits per heavy atom. The fourth-order valence-corrected chi connectivity index (χ4v) is 1.29. The first-order valence-corrected chi connectivity index (χ1v) is 4.90. The van der Waals surface area contributed by atoms with Crippen LogP contribution in [-0.2, 0) is 4.79 Å². The zero-order valence-corrected chi connectivity index (χ0v) is 9.01. The average Bonchev–Trinajstić information content (AvgIpc) is 2.29. The molecular formula is C11H14N2O3. The second-order valence-corrected chi connectivity index (χ2v) is 3.15. The molecule has 1 rings (SSSR count). The average molecular weight is 222 g/mol. The summed E-state index contributed by atoms with van der Waals surface area (Å²) in [6, 6.07) is 7.02. The highest BCUT2D eigenvalue weighted by Crippen LogP contribution is 2.19. The van der Waals surface area contributed by atoms with Gasteiger partial charge in [-0.15, -0.1) is 0 Å². The summed E-state index contributed by atoms with van der Waals surface area (Å²) in [5, 5.41) is 12.0. The lowest BCUT2D eigenvalue weighted by atomic mass is 10.1. The summed E-state index contributed by atoms with van der Waals surface area (Å²) in [6.07, 6.45) is 0.563. The summed E-state index contributed by atoms with van der Waals surface area (Å²) in [5.41, 5.74) is 6.15. The number of nitrogens with zero attached hydrogens (tertiary/aromatic N) is 1. The topological polar surface area (TPSA) is 84.9 Å². The molecule has 0 spiro atoms. The minimum atomic E-state index is -0.547. The van der Waals surface area contributed by atoms with Crippen LogP contribution < -0.4 is 10.5 Å². The molecule has 1 aromatic rings. The molecule has 1 aromatic carbocycles. The zero-order valence-electron chi connectivity index (χ0n) is 9.01. The van der Waals surface area contributed by atoms with Crippen LogP contribution in [0.5, 0.6) is 5.75 Å². The van der Waals surface area contributed by atoms with Gasteiger partial charge in [-0.2, -0.15) is 0 Å². The lowest BCUT2D eigenvalue weighted by Gasteiger charge is -2.09. The number of para-hydroxylation sites is 1. The monoisotopic (exact) mass is 222 g/mol. The van der Waals surface area contributed by atoms with Crippen LogP contribution in [0.1, 0.15) is 18.9 Å². The molecule has 86 valence electrons. The maximum absolute atomic E-state index is 10.6. The molecule has 0 unspecified atom stereocenters. The number of oxime groups is 1. The molecule has 3 N–H and O–H groups in total. The van der Waals surface area contributed by atoms with E-state index in [-0.39, 0.29) is 6.61 Å². The summed E-state index contributed by atoms with van der Waals surface area (Å²) in [7, 11) is 0. The Kier molecular flexibility index (Phi) is 4.32. The lowest BCUT2D eigenvalue weighted by molar-refractivity contribution is -0.119. The van der Waals surface area contributed by atoms with Crippen molar-refractivity contribution in [1.82, 2.24) is 0 Å². The molecule has 5 nitrogen and oxygen atoms in total. The van der Waals surface area contributed by atoms with E-state index in [1.54, 1.807) is 24.3 Å². The first kappa shape index (κ1) is 12.0. The minimum absolute atomic E-state index is 0.195. The Balaban J connectivity index is 2.95. The number of carbonyl (C=O) groups is 1. The van der Waals surface area contributed by atoms with Gasteiger partial charge in [0.1, 0.15) is 5.75 Å². The van der Waals surface area contributed by atoms with E-state index < -0.39 is 5.91 Å². The molecule has 0 radical (unpaired) electrons. The molecule has 16 heavy (non-hydrogen) atoms. The third-order valence-electron chi connectivity index (χ3n) is 2.02. The molecule has 0 saturated carbocycles. The van der Waals surface area contributed by atoms with Gasteiger partial charge in [0.2, 0.25) is 0 Å². The molecule has 0 heterocycles. The van der Waals surface area contributed by atoms with Crippen LogP contribution in [0.4, 0.5) is 0 Å². The molecule has 0 atom stereocenters. The van der Waals surface area contributed by atoms with Crippen molar-refractivity contribution in [3.63, 3.8) is 0 Å². The molecule has 5 heteroatoms. The largest absolute Gasteiger partial charge is 0.483 e. The van der Waals surface area contributed by atoms with E-state index in [0.29, 0.717) is 23.4 Å². The highest BCUT2D eigenvalue weighted by Gasteiger charge is 2.09. The standard InChI is InChI=1S/C11H14N2O3/c1-2-9(13-15)8-5-3-4-6-10(8)16-7-11(12)14/h3-6,15H,2,7H2,1H3,(H2,12,14)/b13-9+. The SMILES string of the molecule is CC/C(=N\O)c1ccccc1OCC(N)=O. The van der Waals surface area contributed by atoms with Gasteiger partial charge in [0.25, 0.3) is 5.91 Å². The predicted octanol–water partition coefficient (Wildman–Crippen LogP) is 1.14. The number of hydrogen-bond donors (Lipinski definition) is 2. The van der Waals surface area contributed by atoms with E-state index in [9.17, 15) is 4.79 Å². The van der Waals surface area contributed by atoms with E-state index in [1.807, 2.05) is 6.92 Å². The number of hydrogen-bond acceptors (Lipinski definition) is 4. The van der Waals surface area contributed by atoms with Gasteiger partial charge in [-0.25, -0.2) is 0 Å². The smallest absolute Gasteiger partial charge is 0.255 e. The fourth-order valence-electron chi connectivity index (χ4n) is 1.29. The van der Waals surface area contributed by atoms with Gasteiger partial charge in [0.15, 0.2) is 6.61 Å². The van der Waals surface area contributed by atoms with Gasteiger partial charge in [-0.1, -0.05) is 24.2 Å². The van der Waals surface area contributed by atoms with Crippen LogP contribution in [0.2, 0.25) is 0 Å². The van der Waals surface area contributed by atoms with Crippen molar-refractivity contribution < 1.29 is 14.7 Å². The lowest BCUT2D eigenvalue weighted by Crippen LogP contribution is -2.20. The third-order valence-corrected chi connectivity index (χ3v) is 2.02. The Hall–Kier alpha value is -2.04. The number of carbonyl (C=O) groups excluding carboxylic acids is 1. The first-order chi connectivity index (χ1) is 7.69. The van der Waals surface area contributed by atoms with Crippen molar-refractivity contribution in [2.75, 3.05) is 6.61 Å². The Labute approximate surface area is 93.5 Å². The molecule has 0 aliphatic carbocycles. The first-order valence-electron chi connectivity index (χ1n) is 4.90. The van der Waals surface area contributed by atoms with E-state index in [0.717, 1.165) is 0 Å². The number of ether oxygens (including phenoxy) is 1. The maximum atomic E-state index is 10.6. The van der Waals surface area contributed by atoms with Crippen LogP contribution in [-0.4, -0.2) is 23.4 Å². The van der Waals surface area contributed by atoms with Crippen LogP contribution in [0, 0.1) is 0 Å². The maximum Gasteiger partial charge on any atom is 0.255 e. The number of primary amides is 1. The molecule has 0 aliphatic heterocycles. The summed E-state index contributed by atoms with van der Waals surface area (Å²) in [4.78, 5) is 10.6. The van der Waals surface area contributed by atoms with Crippen molar-refractivity contribution >= 4 is 11.6 Å². The molecule has 1 amide bonds. The van der Waals surface area contributed by atoms with Gasteiger partial charge in [0, 0.05) is 5.56 Å². The Morgan fingerprint density at radius 1 is 1.50 bits per heavy atom. The summed E-state index contributed by atoms with van der Waals surface area (Å²) in [6.45, 7) is 1.67. The molecule has 0 saturated heterocycles. The second kappa shape index (κ2) is 5.75. The highest BCUT2D eigenvalue weighted by atomic mass is 16.5. The fraction of sp³-hybridized carbons (Fsp3) is 0.273. The van der Waals surface area contributed by atoms with Gasteiger partial charge in [-0.3, -0.25) is 4.79 Å². The van der Waals surface area contributed by atoms with Crippen molar-refractivity contribution in [3.05, 3.63) is 29.8 Å². The molecule has 0 aromatic heterocycles. The molecule has 0 bridgehead atoms. The van der Waals surface area contributed by atoms with Crippen molar-refractivity contribution in [2.45, 2.75) is 13.3 Å². The van der Waals surface area contributed by atoms with Crippen LogP contribution in [0.25, 0.3) is 0 Å². The third kappa shape index (κ3) is 2.98. The normalized spacial score (nSPS) is 11.2. The van der Waals surface area contributed by atoms with Crippen LogP contribution in [0.3, 0.4) is 0 Å². The second-order valence-electron chi connectivity index (χ2n) is 3.15. The quantitative estimate of drug-likeness (QED) is 0.445.